The first-order valence-corrected chi connectivity index (χ1v) is 9.62. The van der Waals surface area contributed by atoms with E-state index < -0.39 is 15.2 Å². The molecule has 0 aliphatic heterocycles. The van der Waals surface area contributed by atoms with Gasteiger partial charge in [-0.2, -0.15) is 0 Å². The number of aromatic nitrogens is 1. The maximum atomic E-state index is 12.7. The number of sulfone groups is 1. The fourth-order valence-electron chi connectivity index (χ4n) is 2.47. The van der Waals surface area contributed by atoms with E-state index >= 15 is 0 Å². The van der Waals surface area contributed by atoms with E-state index in [2.05, 4.69) is 4.98 Å². The van der Waals surface area contributed by atoms with Gasteiger partial charge in [0, 0.05) is 28.5 Å². The van der Waals surface area contributed by atoms with E-state index in [9.17, 15) is 13.2 Å². The number of hydrogen-bond acceptors (Lipinski definition) is 5. The molecule has 0 aliphatic carbocycles. The number of pyridine rings is 1. The van der Waals surface area contributed by atoms with Crippen LogP contribution in [-0.4, -0.2) is 19.2 Å². The topological polar surface area (TPSA) is 90.1 Å². The number of rotatable bonds is 5. The Hall–Kier alpha value is -2.54. The Morgan fingerprint density at radius 3 is 2.35 bits per heavy atom. The highest BCUT2D eigenvalue weighted by Crippen LogP contribution is 2.26. The van der Waals surface area contributed by atoms with Crippen LogP contribution in [-0.2, 0) is 9.84 Å². The van der Waals surface area contributed by atoms with Crippen molar-refractivity contribution < 1.29 is 13.2 Å². The zero-order valence-electron chi connectivity index (χ0n) is 13.5. The maximum absolute atomic E-state index is 12.7. The molecule has 0 saturated heterocycles. The summed E-state index contributed by atoms with van der Waals surface area (Å²) in [5.74, 6) is -0.254. The lowest BCUT2D eigenvalue weighted by atomic mass is 10.0. The SMILES string of the molecule is NC(c1cccc(C(=O)c2cccnc2)c1)S(=O)(=O)c1ccc(Cl)cc1. The van der Waals surface area contributed by atoms with Crippen LogP contribution in [0.25, 0.3) is 0 Å². The molecule has 26 heavy (non-hydrogen) atoms. The highest BCUT2D eigenvalue weighted by atomic mass is 35.5. The number of carbonyl (C=O) groups is 1. The first-order chi connectivity index (χ1) is 12.4. The standard InChI is InChI=1S/C19H15ClN2O3S/c20-16-6-8-17(9-7-16)26(24,25)19(21)14-4-1-3-13(11-14)18(23)15-5-2-10-22-12-15/h1-12,19H,21H2. The second-order valence-electron chi connectivity index (χ2n) is 5.62. The van der Waals surface area contributed by atoms with Gasteiger partial charge in [0.1, 0.15) is 5.37 Å². The van der Waals surface area contributed by atoms with Crippen LogP contribution in [0.5, 0.6) is 0 Å². The Labute approximate surface area is 156 Å². The number of nitrogens with zero attached hydrogens (tertiary/aromatic N) is 1. The smallest absolute Gasteiger partial charge is 0.198 e. The zero-order valence-corrected chi connectivity index (χ0v) is 15.1. The number of ketones is 1. The molecule has 0 fully saturated rings. The van der Waals surface area contributed by atoms with Crippen LogP contribution in [0.3, 0.4) is 0 Å². The van der Waals surface area contributed by atoms with Crippen molar-refractivity contribution in [2.75, 3.05) is 0 Å². The zero-order chi connectivity index (χ0) is 18.7. The largest absolute Gasteiger partial charge is 0.311 e. The third-order valence-electron chi connectivity index (χ3n) is 3.88. The van der Waals surface area contributed by atoms with Gasteiger partial charge in [0.25, 0.3) is 0 Å². The number of benzene rings is 2. The first kappa shape index (κ1) is 18.3. The molecule has 0 spiro atoms. The van der Waals surface area contributed by atoms with E-state index in [1.165, 1.54) is 36.5 Å². The molecule has 0 saturated carbocycles. The lowest BCUT2D eigenvalue weighted by molar-refractivity contribution is 0.103. The van der Waals surface area contributed by atoms with Gasteiger partial charge in [-0.25, -0.2) is 8.42 Å². The van der Waals surface area contributed by atoms with Gasteiger partial charge >= 0.3 is 0 Å². The maximum Gasteiger partial charge on any atom is 0.198 e. The average Bonchev–Trinajstić information content (AvgIpc) is 2.68. The Morgan fingerprint density at radius 2 is 1.69 bits per heavy atom. The fourth-order valence-corrected chi connectivity index (χ4v) is 3.91. The molecule has 0 aliphatic rings. The Kier molecular flexibility index (Phi) is 5.18. The molecule has 2 aromatic carbocycles. The van der Waals surface area contributed by atoms with Gasteiger partial charge in [-0.05, 0) is 48.0 Å². The fraction of sp³-hybridized carbons (Fsp3) is 0.0526. The van der Waals surface area contributed by atoms with Crippen molar-refractivity contribution in [3.63, 3.8) is 0 Å². The van der Waals surface area contributed by atoms with E-state index in [0.717, 1.165) is 0 Å². The van der Waals surface area contributed by atoms with Crippen molar-refractivity contribution in [1.29, 1.82) is 0 Å². The predicted octanol–water partition coefficient (Wildman–Crippen LogP) is 3.40. The summed E-state index contributed by atoms with van der Waals surface area (Å²) < 4.78 is 25.5. The minimum absolute atomic E-state index is 0.0680. The van der Waals surface area contributed by atoms with E-state index in [1.807, 2.05) is 0 Å². The minimum atomic E-state index is -3.82. The number of halogens is 1. The summed E-state index contributed by atoms with van der Waals surface area (Å²) in [6.45, 7) is 0. The van der Waals surface area contributed by atoms with Gasteiger partial charge in [-0.15, -0.1) is 0 Å². The third kappa shape index (κ3) is 3.67. The molecule has 3 rings (SSSR count). The summed E-state index contributed by atoms with van der Waals surface area (Å²) >= 11 is 5.80. The Balaban J connectivity index is 1.94. The second-order valence-corrected chi connectivity index (χ2v) is 8.12. The summed E-state index contributed by atoms with van der Waals surface area (Å²) in [5, 5.41) is -0.869. The summed E-state index contributed by atoms with van der Waals surface area (Å²) in [7, 11) is -3.82. The van der Waals surface area contributed by atoms with E-state index in [0.29, 0.717) is 21.7 Å². The first-order valence-electron chi connectivity index (χ1n) is 7.69. The molecule has 5 nitrogen and oxygen atoms in total. The van der Waals surface area contributed by atoms with Crippen LogP contribution in [0.2, 0.25) is 5.02 Å². The summed E-state index contributed by atoms with van der Waals surface area (Å²) in [6, 6.07) is 15.4. The molecule has 3 aromatic rings. The Bertz CT molecular complexity index is 1040. The van der Waals surface area contributed by atoms with Crippen LogP contribution >= 0.6 is 11.6 Å². The highest BCUT2D eigenvalue weighted by Gasteiger charge is 2.26. The van der Waals surface area contributed by atoms with Crippen LogP contribution in [0.4, 0.5) is 0 Å². The molecular weight excluding hydrogens is 372 g/mol. The van der Waals surface area contributed by atoms with Crippen molar-refractivity contribution in [1.82, 2.24) is 4.98 Å². The molecule has 1 heterocycles. The molecule has 132 valence electrons. The van der Waals surface area contributed by atoms with Crippen molar-refractivity contribution in [3.8, 4) is 0 Å². The van der Waals surface area contributed by atoms with Crippen LogP contribution in [0, 0.1) is 0 Å². The van der Waals surface area contributed by atoms with Gasteiger partial charge in [0.05, 0.1) is 4.90 Å². The monoisotopic (exact) mass is 386 g/mol. The molecule has 2 N–H and O–H groups in total. The van der Waals surface area contributed by atoms with E-state index in [4.69, 9.17) is 17.3 Å². The molecule has 0 bridgehead atoms. The average molecular weight is 387 g/mol. The summed E-state index contributed by atoms with van der Waals surface area (Å²) in [4.78, 5) is 16.5. The molecule has 1 aromatic heterocycles. The molecule has 0 radical (unpaired) electrons. The number of nitrogens with two attached hydrogens (primary N) is 1. The highest BCUT2D eigenvalue weighted by molar-refractivity contribution is 7.91. The predicted molar refractivity (Wildman–Crippen MR) is 99.7 cm³/mol. The van der Waals surface area contributed by atoms with Crippen LogP contribution in [0.1, 0.15) is 26.9 Å². The van der Waals surface area contributed by atoms with E-state index in [1.54, 1.807) is 36.5 Å². The normalized spacial score (nSPS) is 12.5. The van der Waals surface area contributed by atoms with Gasteiger partial charge in [0.2, 0.25) is 0 Å². The molecule has 0 amide bonds. The van der Waals surface area contributed by atoms with E-state index in [-0.39, 0.29) is 10.7 Å². The minimum Gasteiger partial charge on any atom is -0.311 e. The number of carbonyl (C=O) groups excluding carboxylic acids is 1. The van der Waals surface area contributed by atoms with Crippen molar-refractivity contribution in [2.24, 2.45) is 5.73 Å². The van der Waals surface area contributed by atoms with Gasteiger partial charge < -0.3 is 5.73 Å². The van der Waals surface area contributed by atoms with Crippen LogP contribution in [0.15, 0.2) is 78.0 Å². The van der Waals surface area contributed by atoms with Crippen molar-refractivity contribution >= 4 is 27.2 Å². The van der Waals surface area contributed by atoms with Gasteiger partial charge in [-0.1, -0.05) is 29.8 Å². The second kappa shape index (κ2) is 7.37. The lowest BCUT2D eigenvalue weighted by Crippen LogP contribution is -2.22. The van der Waals surface area contributed by atoms with Gasteiger partial charge in [-0.3, -0.25) is 9.78 Å². The van der Waals surface area contributed by atoms with Crippen molar-refractivity contribution in [3.05, 3.63) is 94.8 Å². The molecule has 7 heteroatoms. The lowest BCUT2D eigenvalue weighted by Gasteiger charge is -2.14. The number of hydrogen-bond donors (Lipinski definition) is 1. The summed E-state index contributed by atoms with van der Waals surface area (Å²) in [6.07, 6.45) is 3.03. The summed E-state index contributed by atoms with van der Waals surface area (Å²) in [5.41, 5.74) is 7.09. The third-order valence-corrected chi connectivity index (χ3v) is 6.00. The van der Waals surface area contributed by atoms with Crippen molar-refractivity contribution in [2.45, 2.75) is 10.3 Å². The molecular formula is C19H15ClN2O3S. The van der Waals surface area contributed by atoms with Crippen LogP contribution < -0.4 is 5.73 Å². The Morgan fingerprint density at radius 1 is 1.00 bits per heavy atom. The van der Waals surface area contributed by atoms with Gasteiger partial charge in [0.15, 0.2) is 15.6 Å². The molecule has 1 unspecified atom stereocenters. The quantitative estimate of drug-likeness (QED) is 0.678. The molecule has 1 atom stereocenters.